The summed E-state index contributed by atoms with van der Waals surface area (Å²) in [5.74, 6) is 2.27. The molecule has 1 aromatic carbocycles. The molecule has 38 heavy (non-hydrogen) atoms. The van der Waals surface area contributed by atoms with Crippen molar-refractivity contribution in [2.45, 2.75) is 89.8 Å². The van der Waals surface area contributed by atoms with Crippen molar-refractivity contribution >= 4 is 5.97 Å². The second-order valence-electron chi connectivity index (χ2n) is 12.9. The highest BCUT2D eigenvalue weighted by Gasteiger charge is 2.59. The summed E-state index contributed by atoms with van der Waals surface area (Å²) < 4.78 is 7.77. The number of carbonyl (C=O) groups excluding carboxylic acids is 1. The summed E-state index contributed by atoms with van der Waals surface area (Å²) in [4.78, 5) is 12.3. The van der Waals surface area contributed by atoms with Crippen LogP contribution in [0.2, 0.25) is 0 Å². The molecule has 1 aromatic heterocycles. The summed E-state index contributed by atoms with van der Waals surface area (Å²) in [5, 5.41) is 9.23. The number of nitrogens with zero attached hydrogens (tertiary/aromatic N) is 3. The van der Waals surface area contributed by atoms with Crippen LogP contribution in [0.25, 0.3) is 0 Å². The molecule has 0 spiro atoms. The number of rotatable bonds is 6. The third kappa shape index (κ3) is 4.32. The fourth-order valence-corrected chi connectivity index (χ4v) is 8.88. The third-order valence-corrected chi connectivity index (χ3v) is 11.0. The first-order valence-corrected chi connectivity index (χ1v) is 14.6. The zero-order valence-corrected chi connectivity index (χ0v) is 22.9. The van der Waals surface area contributed by atoms with E-state index >= 15 is 0 Å². The second-order valence-corrected chi connectivity index (χ2v) is 12.9. The highest BCUT2D eigenvalue weighted by atomic mass is 16.5. The van der Waals surface area contributed by atoms with E-state index in [2.05, 4.69) is 61.7 Å². The molecule has 3 fully saturated rings. The van der Waals surface area contributed by atoms with Crippen molar-refractivity contribution in [2.24, 2.45) is 40.1 Å². The van der Waals surface area contributed by atoms with Gasteiger partial charge in [0.15, 0.2) is 0 Å². The average molecular weight is 518 g/mol. The molecule has 0 aliphatic heterocycles. The smallest absolute Gasteiger partial charge is 0.324 e. The summed E-state index contributed by atoms with van der Waals surface area (Å²) >= 11 is 0. The molecule has 204 valence electrons. The van der Waals surface area contributed by atoms with Crippen LogP contribution in [0.15, 0.2) is 48.2 Å². The van der Waals surface area contributed by atoms with Crippen molar-refractivity contribution in [3.8, 4) is 0 Å². The zero-order chi connectivity index (χ0) is 26.5. The lowest BCUT2D eigenvalue weighted by Gasteiger charge is -2.58. The van der Waals surface area contributed by atoms with Gasteiger partial charge >= 0.3 is 5.97 Å². The molecule has 0 saturated heterocycles. The van der Waals surface area contributed by atoms with Gasteiger partial charge in [-0.2, -0.15) is 0 Å². The maximum absolute atomic E-state index is 12.3. The lowest BCUT2D eigenvalue weighted by atomic mass is 9.47. The Morgan fingerprint density at radius 1 is 1.13 bits per heavy atom. The molecule has 0 bridgehead atoms. The van der Waals surface area contributed by atoms with E-state index in [4.69, 9.17) is 21.3 Å². The second kappa shape index (κ2) is 9.91. The third-order valence-electron chi connectivity index (χ3n) is 11.0. The Balaban J connectivity index is 1.17. The van der Waals surface area contributed by atoms with Gasteiger partial charge in [0.05, 0.1) is 12.2 Å². The standard InChI is InChI=1S/C31H43N5O2/c1-30-14-12-22(38-29(37)27(33)17-32)16-21(30)8-9-23-24-10-11-26(31(24,2)15-13-25(23)30)28-19-36(35-34-28)18-20-6-4-3-5-7-20/h3-8,19,22-27H,9-18,32-33H2,1-2H3/t22-,23?,24?,25?,26+,27-,30-,31-/m0/s1. The van der Waals surface area contributed by atoms with Crippen molar-refractivity contribution in [3.63, 3.8) is 0 Å². The Morgan fingerprint density at radius 2 is 1.95 bits per heavy atom. The predicted octanol–water partition coefficient (Wildman–Crippen LogP) is 4.57. The first-order chi connectivity index (χ1) is 18.3. The SMILES string of the molecule is C[C@]12CC[C@H](OC(=O)[C@@H](N)CN)CC1=CCC1C2CC[C@@]2(C)C1CC[C@@H]2c1cn(Cc2ccccc2)nn1. The van der Waals surface area contributed by atoms with Gasteiger partial charge in [-0.25, -0.2) is 4.68 Å². The maximum Gasteiger partial charge on any atom is 0.324 e. The van der Waals surface area contributed by atoms with E-state index in [9.17, 15) is 4.79 Å². The Morgan fingerprint density at radius 3 is 2.74 bits per heavy atom. The lowest BCUT2D eigenvalue weighted by molar-refractivity contribution is -0.152. The van der Waals surface area contributed by atoms with Gasteiger partial charge in [0.25, 0.3) is 0 Å². The molecule has 8 atom stereocenters. The molecule has 7 nitrogen and oxygen atoms in total. The fraction of sp³-hybridized carbons (Fsp3) is 0.645. The van der Waals surface area contributed by atoms with Crippen LogP contribution in [0, 0.1) is 28.6 Å². The number of benzene rings is 1. The van der Waals surface area contributed by atoms with Gasteiger partial charge in [-0.05, 0) is 79.1 Å². The maximum atomic E-state index is 12.3. The van der Waals surface area contributed by atoms with E-state index in [1.807, 2.05) is 4.68 Å². The van der Waals surface area contributed by atoms with Crippen molar-refractivity contribution in [1.29, 1.82) is 0 Å². The van der Waals surface area contributed by atoms with Crippen molar-refractivity contribution in [2.75, 3.05) is 6.54 Å². The van der Waals surface area contributed by atoms with Crippen LogP contribution in [-0.2, 0) is 16.1 Å². The molecule has 0 amide bonds. The van der Waals surface area contributed by atoms with Crippen LogP contribution in [-0.4, -0.2) is 39.7 Å². The number of hydrogen-bond acceptors (Lipinski definition) is 6. The highest BCUT2D eigenvalue weighted by Crippen LogP contribution is 2.67. The van der Waals surface area contributed by atoms with Crippen molar-refractivity contribution in [3.05, 3.63) is 59.4 Å². The Kier molecular flexibility index (Phi) is 6.71. The normalized spacial score (nSPS) is 36.9. The van der Waals surface area contributed by atoms with Gasteiger partial charge in [-0.3, -0.25) is 4.79 Å². The first kappa shape index (κ1) is 25.8. The minimum Gasteiger partial charge on any atom is -0.461 e. The number of fused-ring (bicyclic) bond motifs is 5. The van der Waals surface area contributed by atoms with Gasteiger partial charge < -0.3 is 16.2 Å². The van der Waals surface area contributed by atoms with Gasteiger partial charge in [0.2, 0.25) is 0 Å². The van der Waals surface area contributed by atoms with Crippen molar-refractivity contribution < 1.29 is 9.53 Å². The summed E-state index contributed by atoms with van der Waals surface area (Å²) in [6.45, 7) is 5.93. The number of hydrogen-bond donors (Lipinski definition) is 2. The highest BCUT2D eigenvalue weighted by molar-refractivity contribution is 5.76. The first-order valence-electron chi connectivity index (χ1n) is 14.6. The largest absolute Gasteiger partial charge is 0.461 e. The van der Waals surface area contributed by atoms with Crippen LogP contribution in [0.5, 0.6) is 0 Å². The Bertz CT molecular complexity index is 1190. The molecule has 3 unspecified atom stereocenters. The van der Waals surface area contributed by atoms with E-state index < -0.39 is 6.04 Å². The molecular weight excluding hydrogens is 474 g/mol. The van der Waals surface area contributed by atoms with E-state index in [0.717, 1.165) is 44.1 Å². The van der Waals surface area contributed by atoms with Gasteiger partial charge in [-0.15, -0.1) is 5.10 Å². The molecule has 2 aromatic rings. The predicted molar refractivity (Wildman–Crippen MR) is 147 cm³/mol. The molecule has 3 saturated carbocycles. The monoisotopic (exact) mass is 517 g/mol. The molecule has 7 heteroatoms. The number of allylic oxidation sites excluding steroid dienone is 1. The van der Waals surface area contributed by atoms with Crippen LogP contribution in [0.3, 0.4) is 0 Å². The zero-order valence-electron chi connectivity index (χ0n) is 22.9. The number of ether oxygens (including phenoxy) is 1. The average Bonchev–Trinajstić information content (AvgIpc) is 3.52. The minimum atomic E-state index is -0.723. The molecule has 4 aliphatic rings. The topological polar surface area (TPSA) is 109 Å². The van der Waals surface area contributed by atoms with E-state index in [1.165, 1.54) is 42.5 Å². The summed E-state index contributed by atoms with van der Waals surface area (Å²) in [7, 11) is 0. The Labute approximate surface area is 226 Å². The molecule has 1 heterocycles. The van der Waals surface area contributed by atoms with E-state index in [0.29, 0.717) is 11.8 Å². The number of aromatic nitrogens is 3. The van der Waals surface area contributed by atoms with E-state index in [-0.39, 0.29) is 29.4 Å². The Hall–Kier alpha value is -2.51. The molecular formula is C31H43N5O2. The number of nitrogens with two attached hydrogens (primary N) is 2. The van der Waals surface area contributed by atoms with E-state index in [1.54, 1.807) is 0 Å². The molecule has 4 N–H and O–H groups in total. The van der Waals surface area contributed by atoms with Crippen molar-refractivity contribution in [1.82, 2.24) is 15.0 Å². The fourth-order valence-electron chi connectivity index (χ4n) is 8.88. The molecule has 6 rings (SSSR count). The quantitative estimate of drug-likeness (QED) is 0.429. The summed E-state index contributed by atoms with van der Waals surface area (Å²) in [6.07, 6.45) is 13.6. The lowest BCUT2D eigenvalue weighted by Crippen LogP contribution is -2.50. The van der Waals surface area contributed by atoms with Gasteiger partial charge in [-0.1, -0.05) is 61.0 Å². The van der Waals surface area contributed by atoms with Gasteiger partial charge in [0.1, 0.15) is 12.1 Å². The molecule has 4 aliphatic carbocycles. The van der Waals surface area contributed by atoms with Crippen LogP contribution >= 0.6 is 0 Å². The number of esters is 1. The summed E-state index contributed by atoms with van der Waals surface area (Å²) in [6, 6.07) is 9.78. The molecule has 0 radical (unpaired) electrons. The number of carbonyl (C=O) groups is 1. The van der Waals surface area contributed by atoms with Crippen LogP contribution in [0.4, 0.5) is 0 Å². The minimum absolute atomic E-state index is 0.0702. The van der Waals surface area contributed by atoms with Crippen LogP contribution in [0.1, 0.15) is 82.4 Å². The van der Waals surface area contributed by atoms with Gasteiger partial charge in [0, 0.05) is 25.1 Å². The summed E-state index contributed by atoms with van der Waals surface area (Å²) in [5.41, 5.74) is 15.8. The van der Waals surface area contributed by atoms with Crippen LogP contribution < -0.4 is 11.5 Å².